The van der Waals surface area contributed by atoms with E-state index in [1.165, 1.54) is 0 Å². The second kappa shape index (κ2) is 4.83. The lowest BCUT2D eigenvalue weighted by Gasteiger charge is -1.99. The molecule has 1 aromatic rings. The predicted octanol–water partition coefficient (Wildman–Crippen LogP) is 3.33. The number of allylic oxidation sites excluding steroid dienone is 2. The van der Waals surface area contributed by atoms with Crippen molar-refractivity contribution in [2.24, 2.45) is 0 Å². The molecule has 0 unspecified atom stereocenters. The highest BCUT2D eigenvalue weighted by Crippen LogP contribution is 2.16. The van der Waals surface area contributed by atoms with Gasteiger partial charge in [-0.25, -0.2) is 0 Å². The monoisotopic (exact) mass is 194 g/mol. The summed E-state index contributed by atoms with van der Waals surface area (Å²) in [7, 11) is 0. The lowest BCUT2D eigenvalue weighted by molar-refractivity contribution is -0.103. The van der Waals surface area contributed by atoms with Crippen LogP contribution in [0.1, 0.15) is 18.9 Å². The lowest BCUT2D eigenvalue weighted by atomic mass is 10.1. The van der Waals surface area contributed by atoms with Gasteiger partial charge in [0.25, 0.3) is 0 Å². The molecule has 0 N–H and O–H groups in total. The molecule has 0 saturated heterocycles. The molecule has 0 amide bonds. The van der Waals surface area contributed by atoms with Crippen molar-refractivity contribution in [1.82, 2.24) is 0 Å². The molecule has 0 bridgehead atoms. The van der Waals surface area contributed by atoms with E-state index in [2.05, 4.69) is 0 Å². The van der Waals surface area contributed by atoms with Crippen molar-refractivity contribution < 1.29 is 4.79 Å². The Kier molecular flexibility index (Phi) is 3.71. The van der Waals surface area contributed by atoms with E-state index in [0.717, 1.165) is 23.8 Å². The summed E-state index contributed by atoms with van der Waals surface area (Å²) in [6, 6.07) is 7.25. The Bertz CT molecular complexity index is 311. The first kappa shape index (κ1) is 10.0. The average Bonchev–Trinajstić information content (AvgIpc) is 2.16. The molecule has 1 rings (SSSR count). The first-order valence-electron chi connectivity index (χ1n) is 4.19. The topological polar surface area (TPSA) is 17.1 Å². The van der Waals surface area contributed by atoms with Crippen LogP contribution in [-0.4, -0.2) is 6.29 Å². The van der Waals surface area contributed by atoms with Gasteiger partial charge in [0.1, 0.15) is 6.29 Å². The first-order chi connectivity index (χ1) is 6.27. The highest BCUT2D eigenvalue weighted by molar-refractivity contribution is 6.30. The van der Waals surface area contributed by atoms with Crippen LogP contribution in [0.2, 0.25) is 5.02 Å². The number of carbonyl (C=O) groups is 1. The normalized spacial score (nSPS) is 11.4. The standard InChI is InChI=1S/C11H11ClO/c1-2-3-10(8-13)9-4-6-11(12)7-5-9/h3-8H,2H2,1H3/b10-3-. The lowest BCUT2D eigenvalue weighted by Crippen LogP contribution is -1.84. The van der Waals surface area contributed by atoms with Crippen molar-refractivity contribution in [2.75, 3.05) is 0 Å². The highest BCUT2D eigenvalue weighted by Gasteiger charge is 1.98. The number of rotatable bonds is 3. The van der Waals surface area contributed by atoms with E-state index in [-0.39, 0.29) is 0 Å². The van der Waals surface area contributed by atoms with E-state index in [1.807, 2.05) is 25.1 Å². The molecular formula is C11H11ClO. The minimum absolute atomic E-state index is 0.686. The second-order valence-corrected chi connectivity index (χ2v) is 3.13. The highest BCUT2D eigenvalue weighted by atomic mass is 35.5. The van der Waals surface area contributed by atoms with Crippen LogP contribution < -0.4 is 0 Å². The van der Waals surface area contributed by atoms with E-state index < -0.39 is 0 Å². The maximum atomic E-state index is 10.7. The third-order valence-electron chi connectivity index (χ3n) is 1.73. The van der Waals surface area contributed by atoms with E-state index in [4.69, 9.17) is 11.6 Å². The van der Waals surface area contributed by atoms with Crippen molar-refractivity contribution in [3.8, 4) is 0 Å². The van der Waals surface area contributed by atoms with Crippen LogP contribution in [0.3, 0.4) is 0 Å². The zero-order chi connectivity index (χ0) is 9.68. The van der Waals surface area contributed by atoms with Gasteiger partial charge in [-0.2, -0.15) is 0 Å². The maximum absolute atomic E-state index is 10.7. The minimum Gasteiger partial charge on any atom is -0.298 e. The van der Waals surface area contributed by atoms with Crippen LogP contribution >= 0.6 is 11.6 Å². The molecule has 0 fully saturated rings. The second-order valence-electron chi connectivity index (χ2n) is 2.69. The van der Waals surface area contributed by atoms with Gasteiger partial charge >= 0.3 is 0 Å². The van der Waals surface area contributed by atoms with E-state index in [1.54, 1.807) is 12.1 Å². The molecule has 0 aliphatic carbocycles. The zero-order valence-corrected chi connectivity index (χ0v) is 8.21. The molecule has 0 aromatic heterocycles. The Morgan fingerprint density at radius 3 is 2.46 bits per heavy atom. The number of halogens is 1. The molecule has 2 heteroatoms. The predicted molar refractivity (Wildman–Crippen MR) is 55.8 cm³/mol. The SMILES string of the molecule is CC/C=C(/C=O)c1ccc(Cl)cc1. The summed E-state index contributed by atoms with van der Waals surface area (Å²) in [5.74, 6) is 0. The fourth-order valence-electron chi connectivity index (χ4n) is 1.10. The molecule has 0 aliphatic heterocycles. The Hall–Kier alpha value is -1.08. The average molecular weight is 195 g/mol. The fourth-order valence-corrected chi connectivity index (χ4v) is 1.22. The third kappa shape index (κ3) is 2.71. The van der Waals surface area contributed by atoms with E-state index in [0.29, 0.717) is 5.02 Å². The van der Waals surface area contributed by atoms with Gasteiger partial charge in [-0.3, -0.25) is 4.79 Å². The van der Waals surface area contributed by atoms with Gasteiger partial charge in [0, 0.05) is 10.6 Å². The van der Waals surface area contributed by atoms with Crippen molar-refractivity contribution >= 4 is 23.5 Å². The summed E-state index contributed by atoms with van der Waals surface area (Å²) < 4.78 is 0. The van der Waals surface area contributed by atoms with Gasteiger partial charge in [0.2, 0.25) is 0 Å². The van der Waals surface area contributed by atoms with Gasteiger partial charge in [-0.15, -0.1) is 0 Å². The summed E-state index contributed by atoms with van der Waals surface area (Å²) in [6.45, 7) is 2.00. The summed E-state index contributed by atoms with van der Waals surface area (Å²) >= 11 is 5.73. The fraction of sp³-hybridized carbons (Fsp3) is 0.182. The minimum atomic E-state index is 0.686. The molecule has 1 nitrogen and oxygen atoms in total. The summed E-state index contributed by atoms with van der Waals surface area (Å²) in [5, 5.41) is 0.686. The summed E-state index contributed by atoms with van der Waals surface area (Å²) in [5.41, 5.74) is 1.64. The summed E-state index contributed by atoms with van der Waals surface area (Å²) in [6.07, 6.45) is 3.62. The largest absolute Gasteiger partial charge is 0.298 e. The molecular weight excluding hydrogens is 184 g/mol. The zero-order valence-electron chi connectivity index (χ0n) is 7.46. The van der Waals surface area contributed by atoms with Gasteiger partial charge in [0.05, 0.1) is 0 Å². The van der Waals surface area contributed by atoms with Crippen molar-refractivity contribution in [2.45, 2.75) is 13.3 Å². The van der Waals surface area contributed by atoms with Crippen molar-refractivity contribution in [3.05, 3.63) is 40.9 Å². The summed E-state index contributed by atoms with van der Waals surface area (Å²) in [4.78, 5) is 10.7. The van der Waals surface area contributed by atoms with Crippen LogP contribution in [0.15, 0.2) is 30.3 Å². The first-order valence-corrected chi connectivity index (χ1v) is 4.57. The van der Waals surface area contributed by atoms with E-state index >= 15 is 0 Å². The van der Waals surface area contributed by atoms with Crippen LogP contribution in [0.5, 0.6) is 0 Å². The van der Waals surface area contributed by atoms with Crippen molar-refractivity contribution in [1.29, 1.82) is 0 Å². The Morgan fingerprint density at radius 2 is 2.00 bits per heavy atom. The van der Waals surface area contributed by atoms with Crippen LogP contribution in [-0.2, 0) is 4.79 Å². The number of carbonyl (C=O) groups excluding carboxylic acids is 1. The van der Waals surface area contributed by atoms with Crippen LogP contribution in [0.25, 0.3) is 5.57 Å². The number of benzene rings is 1. The van der Waals surface area contributed by atoms with E-state index in [9.17, 15) is 4.79 Å². The maximum Gasteiger partial charge on any atom is 0.150 e. The third-order valence-corrected chi connectivity index (χ3v) is 1.98. The Morgan fingerprint density at radius 1 is 1.38 bits per heavy atom. The molecule has 0 atom stereocenters. The molecule has 1 aromatic carbocycles. The molecule has 0 spiro atoms. The molecule has 0 radical (unpaired) electrons. The van der Waals surface area contributed by atoms with Crippen molar-refractivity contribution in [3.63, 3.8) is 0 Å². The number of aldehydes is 1. The molecule has 0 aliphatic rings. The molecule has 68 valence electrons. The Balaban J connectivity index is 2.99. The van der Waals surface area contributed by atoms with Crippen LogP contribution in [0, 0.1) is 0 Å². The molecule has 0 heterocycles. The van der Waals surface area contributed by atoms with Gasteiger partial charge in [-0.1, -0.05) is 36.7 Å². The molecule has 13 heavy (non-hydrogen) atoms. The Labute approximate surface area is 83.0 Å². The smallest absolute Gasteiger partial charge is 0.150 e. The number of hydrogen-bond donors (Lipinski definition) is 0. The van der Waals surface area contributed by atoms with Crippen LogP contribution in [0.4, 0.5) is 0 Å². The van der Waals surface area contributed by atoms with Gasteiger partial charge in [0.15, 0.2) is 0 Å². The number of hydrogen-bond acceptors (Lipinski definition) is 1. The molecule has 0 saturated carbocycles. The van der Waals surface area contributed by atoms with Gasteiger partial charge in [-0.05, 0) is 24.1 Å². The quantitative estimate of drug-likeness (QED) is 0.533. The van der Waals surface area contributed by atoms with Gasteiger partial charge < -0.3 is 0 Å².